The minimum Gasteiger partial charge on any atom is -0.383 e. The summed E-state index contributed by atoms with van der Waals surface area (Å²) in [6.07, 6.45) is 9.76. The SMILES string of the molecule is CCCC=Nc1c(N)nc2ccccc2c1NCCCCCSC. The van der Waals surface area contributed by atoms with E-state index >= 15 is 0 Å². The fourth-order valence-corrected chi connectivity index (χ4v) is 3.07. The van der Waals surface area contributed by atoms with Crippen LogP contribution in [0.3, 0.4) is 0 Å². The molecular weight excluding hydrogens is 316 g/mol. The Morgan fingerprint density at radius 3 is 2.88 bits per heavy atom. The maximum atomic E-state index is 6.17. The van der Waals surface area contributed by atoms with Gasteiger partial charge in [0.25, 0.3) is 0 Å². The maximum absolute atomic E-state index is 6.17. The van der Waals surface area contributed by atoms with Crippen LogP contribution in [0.1, 0.15) is 39.0 Å². The van der Waals surface area contributed by atoms with Crippen LogP contribution in [0.15, 0.2) is 29.3 Å². The number of anilines is 2. The molecule has 0 bridgehead atoms. The second kappa shape index (κ2) is 10.2. The summed E-state index contributed by atoms with van der Waals surface area (Å²) in [5.74, 6) is 1.73. The Labute approximate surface area is 149 Å². The van der Waals surface area contributed by atoms with Crippen molar-refractivity contribution in [1.82, 2.24) is 4.98 Å². The number of nitrogens with two attached hydrogens (primary N) is 1. The third kappa shape index (κ3) is 5.13. The molecule has 1 aromatic heterocycles. The van der Waals surface area contributed by atoms with Crippen molar-refractivity contribution in [3.8, 4) is 0 Å². The number of nitrogens with one attached hydrogen (secondary N) is 1. The number of nitrogen functional groups attached to an aromatic ring is 1. The van der Waals surface area contributed by atoms with Gasteiger partial charge in [0.15, 0.2) is 5.82 Å². The molecule has 2 rings (SSSR count). The fourth-order valence-electron chi connectivity index (χ4n) is 2.58. The number of hydrogen-bond donors (Lipinski definition) is 2. The van der Waals surface area contributed by atoms with E-state index in [1.54, 1.807) is 0 Å². The molecule has 0 aliphatic heterocycles. The number of hydrogen-bond acceptors (Lipinski definition) is 5. The summed E-state index contributed by atoms with van der Waals surface area (Å²) in [5, 5.41) is 4.64. The summed E-state index contributed by atoms with van der Waals surface area (Å²) >= 11 is 1.91. The molecule has 3 N–H and O–H groups in total. The average molecular weight is 345 g/mol. The summed E-state index contributed by atoms with van der Waals surface area (Å²) in [6.45, 7) is 3.07. The fraction of sp³-hybridized carbons (Fsp3) is 0.474. The Morgan fingerprint density at radius 2 is 2.08 bits per heavy atom. The van der Waals surface area contributed by atoms with Crippen LogP contribution in [0, 0.1) is 0 Å². The molecule has 130 valence electrons. The number of rotatable bonds is 10. The Kier molecular flexibility index (Phi) is 7.89. The van der Waals surface area contributed by atoms with Crippen molar-refractivity contribution < 1.29 is 0 Å². The molecule has 0 saturated carbocycles. The van der Waals surface area contributed by atoms with Crippen LogP contribution in [0.25, 0.3) is 10.9 Å². The van der Waals surface area contributed by atoms with Gasteiger partial charge in [-0.3, -0.25) is 4.99 Å². The van der Waals surface area contributed by atoms with Crippen LogP contribution < -0.4 is 11.1 Å². The lowest BCUT2D eigenvalue weighted by molar-refractivity contribution is 0.750. The molecule has 0 unspecified atom stereocenters. The highest BCUT2D eigenvalue weighted by molar-refractivity contribution is 7.98. The minimum atomic E-state index is 0.492. The average Bonchev–Trinajstić information content (AvgIpc) is 2.59. The lowest BCUT2D eigenvalue weighted by Gasteiger charge is -2.14. The van der Waals surface area contributed by atoms with E-state index in [0.29, 0.717) is 5.82 Å². The highest BCUT2D eigenvalue weighted by Crippen LogP contribution is 2.36. The van der Waals surface area contributed by atoms with Crippen molar-refractivity contribution >= 4 is 46.1 Å². The van der Waals surface area contributed by atoms with E-state index in [1.807, 2.05) is 36.2 Å². The molecule has 0 saturated heterocycles. The smallest absolute Gasteiger partial charge is 0.152 e. The van der Waals surface area contributed by atoms with Gasteiger partial charge in [-0.05, 0) is 37.3 Å². The number of fused-ring (bicyclic) bond motifs is 1. The summed E-state index contributed by atoms with van der Waals surface area (Å²) in [4.78, 5) is 9.10. The van der Waals surface area contributed by atoms with Gasteiger partial charge in [0, 0.05) is 18.1 Å². The van der Waals surface area contributed by atoms with E-state index in [0.717, 1.165) is 48.1 Å². The van der Waals surface area contributed by atoms with Gasteiger partial charge in [-0.1, -0.05) is 38.0 Å². The molecule has 24 heavy (non-hydrogen) atoms. The number of para-hydroxylation sites is 1. The Balaban J connectivity index is 2.21. The van der Waals surface area contributed by atoms with Crippen molar-refractivity contribution in [2.45, 2.75) is 39.0 Å². The van der Waals surface area contributed by atoms with Gasteiger partial charge in [-0.2, -0.15) is 11.8 Å². The molecule has 0 amide bonds. The van der Waals surface area contributed by atoms with E-state index in [4.69, 9.17) is 5.73 Å². The minimum absolute atomic E-state index is 0.492. The van der Waals surface area contributed by atoms with E-state index in [2.05, 4.69) is 34.5 Å². The van der Waals surface area contributed by atoms with E-state index in [1.165, 1.54) is 18.6 Å². The Bertz CT molecular complexity index is 670. The van der Waals surface area contributed by atoms with Crippen LogP contribution >= 0.6 is 11.8 Å². The molecule has 0 aliphatic rings. The summed E-state index contributed by atoms with van der Waals surface area (Å²) in [7, 11) is 0. The highest BCUT2D eigenvalue weighted by Gasteiger charge is 2.12. The Morgan fingerprint density at radius 1 is 1.25 bits per heavy atom. The molecule has 0 fully saturated rings. The second-order valence-electron chi connectivity index (χ2n) is 5.82. The third-order valence-corrected chi connectivity index (χ3v) is 4.56. The van der Waals surface area contributed by atoms with Crippen molar-refractivity contribution in [2.24, 2.45) is 4.99 Å². The first-order valence-electron chi connectivity index (χ1n) is 8.71. The monoisotopic (exact) mass is 344 g/mol. The van der Waals surface area contributed by atoms with Crippen molar-refractivity contribution in [2.75, 3.05) is 29.6 Å². The van der Waals surface area contributed by atoms with Gasteiger partial charge in [0.2, 0.25) is 0 Å². The normalized spacial score (nSPS) is 11.4. The molecule has 1 aromatic carbocycles. The van der Waals surface area contributed by atoms with Gasteiger partial charge in [-0.25, -0.2) is 4.98 Å². The number of thioether (sulfide) groups is 1. The van der Waals surface area contributed by atoms with Crippen LogP contribution in [-0.4, -0.2) is 29.8 Å². The molecule has 1 heterocycles. The number of aliphatic imine (C=N–C) groups is 1. The first kappa shape index (κ1) is 18.6. The molecule has 4 nitrogen and oxygen atoms in total. The van der Waals surface area contributed by atoms with E-state index in [-0.39, 0.29) is 0 Å². The number of unbranched alkanes of at least 4 members (excludes halogenated alkanes) is 3. The zero-order valence-electron chi connectivity index (χ0n) is 14.7. The molecular formula is C19H28N4S. The maximum Gasteiger partial charge on any atom is 0.152 e. The van der Waals surface area contributed by atoms with Gasteiger partial charge in [0.1, 0.15) is 5.69 Å². The number of aromatic nitrogens is 1. The van der Waals surface area contributed by atoms with Gasteiger partial charge >= 0.3 is 0 Å². The summed E-state index contributed by atoms with van der Waals surface area (Å²) in [6, 6.07) is 8.09. The summed E-state index contributed by atoms with van der Waals surface area (Å²) in [5.41, 5.74) is 8.86. The van der Waals surface area contributed by atoms with Crippen LogP contribution in [-0.2, 0) is 0 Å². The van der Waals surface area contributed by atoms with Crippen LogP contribution in [0.2, 0.25) is 0 Å². The molecule has 0 aliphatic carbocycles. The van der Waals surface area contributed by atoms with Crippen molar-refractivity contribution in [1.29, 1.82) is 0 Å². The van der Waals surface area contributed by atoms with Crippen LogP contribution in [0.5, 0.6) is 0 Å². The number of nitrogens with zero attached hydrogens (tertiary/aromatic N) is 2. The zero-order valence-corrected chi connectivity index (χ0v) is 15.5. The van der Waals surface area contributed by atoms with Crippen molar-refractivity contribution in [3.05, 3.63) is 24.3 Å². The summed E-state index contributed by atoms with van der Waals surface area (Å²) < 4.78 is 0. The first-order valence-corrected chi connectivity index (χ1v) is 10.1. The third-order valence-electron chi connectivity index (χ3n) is 3.86. The Hall–Kier alpha value is -1.75. The van der Waals surface area contributed by atoms with E-state index < -0.39 is 0 Å². The zero-order chi connectivity index (χ0) is 17.2. The predicted octanol–water partition coefficient (Wildman–Crippen LogP) is 5.26. The van der Waals surface area contributed by atoms with Crippen molar-refractivity contribution in [3.63, 3.8) is 0 Å². The lowest BCUT2D eigenvalue weighted by Crippen LogP contribution is -2.05. The van der Waals surface area contributed by atoms with Crippen LogP contribution in [0.4, 0.5) is 17.2 Å². The quantitative estimate of drug-likeness (QED) is 0.455. The lowest BCUT2D eigenvalue weighted by atomic mass is 10.1. The predicted molar refractivity (Wildman–Crippen MR) is 110 cm³/mol. The molecule has 0 radical (unpaired) electrons. The van der Waals surface area contributed by atoms with Gasteiger partial charge < -0.3 is 11.1 Å². The standard InChI is InChI=1S/C19H28N4S/c1-3-4-12-22-18-17(21-13-8-5-9-14-24-2)15-10-6-7-11-16(15)23-19(18)20/h6-7,10-12H,3-5,8-9,13-14H2,1-2H3,(H3,20,21,23). The highest BCUT2D eigenvalue weighted by atomic mass is 32.2. The number of benzene rings is 1. The van der Waals surface area contributed by atoms with E-state index in [9.17, 15) is 0 Å². The second-order valence-corrected chi connectivity index (χ2v) is 6.80. The first-order chi connectivity index (χ1) is 11.8. The largest absolute Gasteiger partial charge is 0.383 e. The van der Waals surface area contributed by atoms with Gasteiger partial charge in [-0.15, -0.1) is 0 Å². The molecule has 0 spiro atoms. The van der Waals surface area contributed by atoms with Gasteiger partial charge in [0.05, 0.1) is 11.2 Å². The molecule has 2 aromatic rings. The molecule has 5 heteroatoms. The number of pyridine rings is 1. The molecule has 0 atom stereocenters. The topological polar surface area (TPSA) is 63.3 Å².